The monoisotopic (exact) mass is 418 g/mol. The van der Waals surface area contributed by atoms with E-state index in [1.807, 2.05) is 18.2 Å². The van der Waals surface area contributed by atoms with Gasteiger partial charge in [0, 0.05) is 44.7 Å². The molecular weight excluding hydrogens is 392 g/mol. The van der Waals surface area contributed by atoms with Crippen molar-refractivity contribution >= 4 is 5.52 Å². The average Bonchev–Trinajstić information content (AvgIpc) is 3.38. The Morgan fingerprint density at radius 2 is 2.13 bits per heavy atom. The predicted octanol–water partition coefficient (Wildman–Crippen LogP) is 2.42. The summed E-state index contributed by atoms with van der Waals surface area (Å²) in [6.07, 6.45) is 3.43. The van der Waals surface area contributed by atoms with E-state index in [0.717, 1.165) is 62.9 Å². The van der Waals surface area contributed by atoms with Gasteiger partial charge in [0.15, 0.2) is 5.52 Å². The number of fused-ring (bicyclic) bond motifs is 1. The van der Waals surface area contributed by atoms with E-state index in [1.165, 1.54) is 0 Å². The van der Waals surface area contributed by atoms with Gasteiger partial charge >= 0.3 is 0 Å². The van der Waals surface area contributed by atoms with Crippen molar-refractivity contribution in [1.82, 2.24) is 24.5 Å². The number of nitrogens with zero attached hydrogens (tertiary/aromatic N) is 5. The molecular formula is C23H26N6O2. The summed E-state index contributed by atoms with van der Waals surface area (Å²) in [5.41, 5.74) is 2.17. The zero-order valence-electron chi connectivity index (χ0n) is 17.6. The van der Waals surface area contributed by atoms with Gasteiger partial charge in [0.1, 0.15) is 11.6 Å². The molecule has 0 aliphatic carbocycles. The minimum absolute atomic E-state index is 0.136. The fourth-order valence-electron chi connectivity index (χ4n) is 4.88. The summed E-state index contributed by atoms with van der Waals surface area (Å²) in [5, 5.41) is 14.0. The van der Waals surface area contributed by atoms with Crippen LogP contribution in [0.15, 0.2) is 35.3 Å². The van der Waals surface area contributed by atoms with E-state index in [4.69, 9.17) is 15.1 Å². The third kappa shape index (κ3) is 3.87. The number of hydrogen-bond acceptors (Lipinski definition) is 6. The van der Waals surface area contributed by atoms with Crippen molar-refractivity contribution in [2.75, 3.05) is 26.3 Å². The maximum Gasteiger partial charge on any atom is 0.276 e. The lowest BCUT2D eigenvalue weighted by Crippen LogP contribution is -2.24. The topological polar surface area (TPSA) is 99.3 Å². The molecule has 160 valence electrons. The van der Waals surface area contributed by atoms with Crippen LogP contribution in [0.25, 0.3) is 5.52 Å². The third-order valence-electron chi connectivity index (χ3n) is 6.53. The van der Waals surface area contributed by atoms with E-state index < -0.39 is 0 Å². The third-order valence-corrected chi connectivity index (χ3v) is 6.53. The highest BCUT2D eigenvalue weighted by Gasteiger charge is 2.33. The molecule has 3 aromatic rings. The van der Waals surface area contributed by atoms with Crippen LogP contribution in [0, 0.1) is 17.2 Å². The standard InChI is InChI=1S/C23H26N6O2/c1-15-12-28(13-17-4-2-3-16(9-17)10-24)14-19(15)21-26-23(30)20-11-25-22(29(20)27-21)18-5-7-31-8-6-18/h2-4,9,11,15,18-19H,5-8,12-14H2,1H3,(H,26,27,30). The fourth-order valence-corrected chi connectivity index (χ4v) is 4.88. The quantitative estimate of drug-likeness (QED) is 0.699. The van der Waals surface area contributed by atoms with E-state index in [-0.39, 0.29) is 17.4 Å². The first-order valence-corrected chi connectivity index (χ1v) is 10.9. The van der Waals surface area contributed by atoms with Crippen LogP contribution in [0.3, 0.4) is 0 Å². The minimum Gasteiger partial charge on any atom is -0.381 e. The molecule has 2 unspecified atom stereocenters. The Hall–Kier alpha value is -3.02. The highest BCUT2D eigenvalue weighted by Crippen LogP contribution is 2.31. The Balaban J connectivity index is 1.41. The number of hydrogen-bond donors (Lipinski definition) is 1. The van der Waals surface area contributed by atoms with Gasteiger partial charge in [-0.25, -0.2) is 9.50 Å². The van der Waals surface area contributed by atoms with Crippen molar-refractivity contribution in [3.8, 4) is 6.07 Å². The summed E-state index contributed by atoms with van der Waals surface area (Å²) in [6.45, 7) is 6.15. The number of rotatable bonds is 4. The molecule has 2 aromatic heterocycles. The molecule has 0 spiro atoms. The maximum atomic E-state index is 12.8. The number of benzene rings is 1. The minimum atomic E-state index is -0.136. The van der Waals surface area contributed by atoms with E-state index in [2.05, 4.69) is 33.9 Å². The van der Waals surface area contributed by atoms with Crippen LogP contribution in [0.5, 0.6) is 0 Å². The van der Waals surface area contributed by atoms with Gasteiger partial charge < -0.3 is 9.72 Å². The van der Waals surface area contributed by atoms with E-state index in [0.29, 0.717) is 17.0 Å². The lowest BCUT2D eigenvalue weighted by atomic mass is 9.97. The molecule has 4 heterocycles. The summed E-state index contributed by atoms with van der Waals surface area (Å²) in [4.78, 5) is 22.7. The second kappa shape index (κ2) is 8.25. The van der Waals surface area contributed by atoms with Gasteiger partial charge in [0.05, 0.1) is 17.8 Å². The number of aromatic amines is 1. The normalized spacial score (nSPS) is 22.7. The van der Waals surface area contributed by atoms with Crippen molar-refractivity contribution in [2.45, 2.75) is 38.1 Å². The summed E-state index contributed by atoms with van der Waals surface area (Å²) in [7, 11) is 0. The van der Waals surface area contributed by atoms with Gasteiger partial charge in [0.25, 0.3) is 5.56 Å². The molecule has 0 amide bonds. The number of imidazole rings is 1. The number of nitriles is 1. The molecule has 0 radical (unpaired) electrons. The van der Waals surface area contributed by atoms with E-state index >= 15 is 0 Å². The molecule has 2 saturated heterocycles. The second-order valence-corrected chi connectivity index (χ2v) is 8.73. The average molecular weight is 419 g/mol. The van der Waals surface area contributed by atoms with Crippen molar-refractivity contribution in [3.05, 3.63) is 63.6 Å². The maximum absolute atomic E-state index is 12.8. The molecule has 1 N–H and O–H groups in total. The number of aromatic nitrogens is 4. The van der Waals surface area contributed by atoms with Crippen LogP contribution in [-0.2, 0) is 11.3 Å². The Morgan fingerprint density at radius 3 is 2.94 bits per heavy atom. The molecule has 31 heavy (non-hydrogen) atoms. The van der Waals surface area contributed by atoms with Gasteiger partial charge in [-0.3, -0.25) is 9.69 Å². The molecule has 2 aliphatic heterocycles. The van der Waals surface area contributed by atoms with Crippen molar-refractivity contribution in [3.63, 3.8) is 0 Å². The Bertz CT molecular complexity index is 1190. The molecule has 2 atom stereocenters. The number of likely N-dealkylation sites (tertiary alicyclic amines) is 1. The van der Waals surface area contributed by atoms with Gasteiger partial charge in [-0.15, -0.1) is 0 Å². The number of nitrogens with one attached hydrogen (secondary N) is 1. The molecule has 8 heteroatoms. The van der Waals surface area contributed by atoms with Crippen LogP contribution < -0.4 is 5.56 Å². The Labute approximate surface area is 180 Å². The van der Waals surface area contributed by atoms with Crippen LogP contribution in [0.2, 0.25) is 0 Å². The SMILES string of the molecule is CC1CN(Cc2cccc(C#N)c2)CC1c1nn2c(C3CCOCC3)ncc2c(=O)[nH]1. The predicted molar refractivity (Wildman–Crippen MR) is 115 cm³/mol. The fraction of sp³-hybridized carbons (Fsp3) is 0.478. The highest BCUT2D eigenvalue weighted by molar-refractivity contribution is 5.42. The van der Waals surface area contributed by atoms with Gasteiger partial charge in [-0.05, 0) is 36.5 Å². The van der Waals surface area contributed by atoms with Crippen LogP contribution in [-0.4, -0.2) is 50.8 Å². The zero-order valence-corrected chi connectivity index (χ0v) is 17.6. The van der Waals surface area contributed by atoms with Crippen LogP contribution in [0.4, 0.5) is 0 Å². The van der Waals surface area contributed by atoms with Crippen LogP contribution >= 0.6 is 0 Å². The Kier molecular flexibility index (Phi) is 5.30. The van der Waals surface area contributed by atoms with E-state index in [1.54, 1.807) is 10.7 Å². The Morgan fingerprint density at radius 1 is 1.29 bits per heavy atom. The molecule has 2 aliphatic rings. The summed E-state index contributed by atoms with van der Waals surface area (Å²) in [5.74, 6) is 2.35. The number of H-pyrrole nitrogens is 1. The van der Waals surface area contributed by atoms with Gasteiger partial charge in [0.2, 0.25) is 0 Å². The zero-order chi connectivity index (χ0) is 21.4. The first-order valence-electron chi connectivity index (χ1n) is 10.9. The molecule has 1 aromatic carbocycles. The first-order chi connectivity index (χ1) is 15.1. The van der Waals surface area contributed by atoms with E-state index in [9.17, 15) is 4.79 Å². The van der Waals surface area contributed by atoms with Gasteiger partial charge in [-0.2, -0.15) is 10.4 Å². The van der Waals surface area contributed by atoms with Crippen molar-refractivity contribution < 1.29 is 4.74 Å². The molecule has 2 fully saturated rings. The lowest BCUT2D eigenvalue weighted by molar-refractivity contribution is 0.0832. The highest BCUT2D eigenvalue weighted by atomic mass is 16.5. The molecule has 5 rings (SSSR count). The molecule has 0 saturated carbocycles. The molecule has 8 nitrogen and oxygen atoms in total. The molecule has 0 bridgehead atoms. The number of ether oxygens (including phenoxy) is 1. The first kappa shape index (κ1) is 19.9. The summed E-state index contributed by atoms with van der Waals surface area (Å²) < 4.78 is 7.24. The van der Waals surface area contributed by atoms with Gasteiger partial charge in [-0.1, -0.05) is 19.1 Å². The van der Waals surface area contributed by atoms with Crippen molar-refractivity contribution in [1.29, 1.82) is 5.26 Å². The van der Waals surface area contributed by atoms with Crippen LogP contribution in [0.1, 0.15) is 54.4 Å². The summed E-state index contributed by atoms with van der Waals surface area (Å²) in [6, 6.07) is 9.95. The summed E-state index contributed by atoms with van der Waals surface area (Å²) >= 11 is 0. The smallest absolute Gasteiger partial charge is 0.276 e. The largest absolute Gasteiger partial charge is 0.381 e. The van der Waals surface area contributed by atoms with Crippen molar-refractivity contribution in [2.24, 2.45) is 5.92 Å². The lowest BCUT2D eigenvalue weighted by Gasteiger charge is -2.21. The second-order valence-electron chi connectivity index (χ2n) is 8.73.